The molecule has 0 amide bonds. The molecule has 0 saturated heterocycles. The number of benzene rings is 6. The van der Waals surface area contributed by atoms with E-state index < -0.39 is 14.5 Å². The van der Waals surface area contributed by atoms with E-state index in [1.165, 1.54) is 21.2 Å². The molecule has 6 heteroatoms. The molecule has 0 radical (unpaired) electrons. The van der Waals surface area contributed by atoms with Crippen LogP contribution in [0.3, 0.4) is 0 Å². The fourth-order valence-corrected chi connectivity index (χ4v) is 16.4. The summed E-state index contributed by atoms with van der Waals surface area (Å²) in [4.78, 5) is 0. The third-order valence-corrected chi connectivity index (χ3v) is 17.9. The molecule has 0 fully saturated rings. The van der Waals surface area contributed by atoms with E-state index in [0.717, 1.165) is 23.5 Å². The van der Waals surface area contributed by atoms with Crippen LogP contribution in [0.15, 0.2) is 170 Å². The Labute approximate surface area is 294 Å². The second-order valence-electron chi connectivity index (χ2n) is 11.2. The Morgan fingerprint density at radius 1 is 0.326 bits per heavy atom. The zero-order valence-corrected chi connectivity index (χ0v) is 30.4. The van der Waals surface area contributed by atoms with Crippen molar-refractivity contribution in [2.45, 2.75) is 12.3 Å². The van der Waals surface area contributed by atoms with Crippen molar-refractivity contribution in [3.63, 3.8) is 0 Å². The standard InChI is InChI=1S/C40H36F2P2.2BrH/c41-39-27-15-13-17-33(39)31-43(35-19-5-1-6-20-35,36-21-7-2-8-22-36)29-30-44(37-23-9-3-10-24-37,38-25-11-4-12-26-38)32-34-18-14-16-28-40(34)42;;/h1-28H,29-32H2;2*1H/q+2;;/p-2. The van der Waals surface area contributed by atoms with Gasteiger partial charge in [-0.2, -0.15) is 0 Å². The van der Waals surface area contributed by atoms with Crippen LogP contribution in [0.25, 0.3) is 0 Å². The second kappa shape index (κ2) is 16.7. The molecule has 46 heavy (non-hydrogen) atoms. The quantitative estimate of drug-likeness (QED) is 0.178. The molecule has 0 aliphatic carbocycles. The number of rotatable bonds is 11. The Kier molecular flexibility index (Phi) is 13.0. The lowest BCUT2D eigenvalue weighted by molar-refractivity contribution is -0.001000. The van der Waals surface area contributed by atoms with Gasteiger partial charge in [-0.3, -0.25) is 0 Å². The Balaban J connectivity index is 0.00000240. The first-order valence-corrected chi connectivity index (χ1v) is 19.4. The summed E-state index contributed by atoms with van der Waals surface area (Å²) in [7, 11) is -4.42. The van der Waals surface area contributed by atoms with Crippen LogP contribution in [0, 0.1) is 11.6 Å². The van der Waals surface area contributed by atoms with Crippen LogP contribution in [0.4, 0.5) is 8.78 Å². The fraction of sp³-hybridized carbons (Fsp3) is 0.100. The highest BCUT2D eigenvalue weighted by atomic mass is 79.9. The van der Waals surface area contributed by atoms with E-state index in [4.69, 9.17) is 0 Å². The summed E-state index contributed by atoms with van der Waals surface area (Å²) in [5.41, 5.74) is 1.48. The fourth-order valence-electron chi connectivity index (χ4n) is 6.37. The van der Waals surface area contributed by atoms with Gasteiger partial charge in [-0.1, -0.05) is 109 Å². The number of halogens is 4. The highest BCUT2D eigenvalue weighted by molar-refractivity contribution is 7.92. The van der Waals surface area contributed by atoms with Crippen LogP contribution in [-0.2, 0) is 12.3 Å². The first-order chi connectivity index (χ1) is 21.6. The zero-order chi connectivity index (χ0) is 30.2. The minimum Gasteiger partial charge on any atom is -1.00 e. The molecule has 0 aromatic heterocycles. The van der Waals surface area contributed by atoms with E-state index in [1.54, 1.807) is 24.3 Å². The second-order valence-corrected chi connectivity index (χ2v) is 18.7. The molecule has 0 N–H and O–H groups in total. The number of hydrogen-bond acceptors (Lipinski definition) is 0. The van der Waals surface area contributed by atoms with Crippen LogP contribution < -0.4 is 55.2 Å². The van der Waals surface area contributed by atoms with Crippen molar-refractivity contribution in [1.29, 1.82) is 0 Å². The van der Waals surface area contributed by atoms with Crippen molar-refractivity contribution < 1.29 is 42.7 Å². The topological polar surface area (TPSA) is 0 Å². The van der Waals surface area contributed by atoms with E-state index >= 15 is 8.78 Å². The Morgan fingerprint density at radius 3 is 0.826 bits per heavy atom. The van der Waals surface area contributed by atoms with Gasteiger partial charge in [0.15, 0.2) is 0 Å². The van der Waals surface area contributed by atoms with E-state index in [9.17, 15) is 0 Å². The monoisotopic (exact) mass is 774 g/mol. The molecule has 0 bridgehead atoms. The maximum Gasteiger partial charge on any atom is 0.130 e. The highest BCUT2D eigenvalue weighted by Gasteiger charge is 2.51. The molecule has 234 valence electrons. The first-order valence-electron chi connectivity index (χ1n) is 15.0. The van der Waals surface area contributed by atoms with Gasteiger partial charge in [-0.05, 0) is 60.7 Å². The molecule has 0 aliphatic rings. The molecule has 0 aliphatic heterocycles. The van der Waals surface area contributed by atoms with Gasteiger partial charge in [0.1, 0.15) is 24.0 Å². The lowest BCUT2D eigenvalue weighted by atomic mass is 10.2. The average molecular weight is 776 g/mol. The van der Waals surface area contributed by atoms with Gasteiger partial charge in [0.2, 0.25) is 0 Å². The minimum absolute atomic E-state index is 0. The van der Waals surface area contributed by atoms with Crippen molar-refractivity contribution in [1.82, 2.24) is 0 Å². The summed E-state index contributed by atoms with van der Waals surface area (Å²) < 4.78 is 30.9. The van der Waals surface area contributed by atoms with E-state index in [2.05, 4.69) is 121 Å². The van der Waals surface area contributed by atoms with Crippen molar-refractivity contribution in [3.05, 3.63) is 193 Å². The van der Waals surface area contributed by atoms with Gasteiger partial charge < -0.3 is 34.0 Å². The van der Waals surface area contributed by atoms with Crippen molar-refractivity contribution in [3.8, 4) is 0 Å². The zero-order valence-electron chi connectivity index (χ0n) is 25.4. The third kappa shape index (κ3) is 7.75. The molecule has 0 heterocycles. The summed E-state index contributed by atoms with van der Waals surface area (Å²) in [6, 6.07) is 57.2. The SMILES string of the molecule is Fc1ccccc1C[P+](CC[P+](Cc1ccccc1F)(c1ccccc1)c1ccccc1)(c1ccccc1)c1ccccc1.[Br-].[Br-]. The Hall–Kier alpha value is -3.00. The van der Waals surface area contributed by atoms with Gasteiger partial charge >= 0.3 is 0 Å². The predicted molar refractivity (Wildman–Crippen MR) is 188 cm³/mol. The number of hydrogen-bond donors (Lipinski definition) is 0. The lowest BCUT2D eigenvalue weighted by Crippen LogP contribution is -3.00. The van der Waals surface area contributed by atoms with Gasteiger partial charge in [-0.25, -0.2) is 8.78 Å². The Bertz CT molecular complexity index is 1570. The van der Waals surface area contributed by atoms with Crippen LogP contribution in [0.2, 0.25) is 0 Å². The van der Waals surface area contributed by atoms with Crippen LogP contribution in [0.1, 0.15) is 11.1 Å². The largest absolute Gasteiger partial charge is 1.00 e. The molecule has 6 aromatic rings. The van der Waals surface area contributed by atoms with E-state index in [-0.39, 0.29) is 45.6 Å². The average Bonchev–Trinajstić information content (AvgIpc) is 3.09. The molecule has 6 aromatic carbocycles. The summed E-state index contributed by atoms with van der Waals surface area (Å²) in [6.45, 7) is 0. The van der Waals surface area contributed by atoms with E-state index in [0.29, 0.717) is 12.3 Å². The summed E-state index contributed by atoms with van der Waals surface area (Å²) in [5, 5.41) is 5.05. The van der Waals surface area contributed by atoms with E-state index in [1.807, 2.05) is 24.3 Å². The van der Waals surface area contributed by atoms with Crippen LogP contribution in [-0.4, -0.2) is 12.3 Å². The maximum absolute atomic E-state index is 15.5. The van der Waals surface area contributed by atoms with Gasteiger partial charge in [0.25, 0.3) is 0 Å². The van der Waals surface area contributed by atoms with Crippen molar-refractivity contribution >= 4 is 35.7 Å². The molecule has 0 spiro atoms. The summed E-state index contributed by atoms with van der Waals surface area (Å²) in [6.07, 6.45) is 2.97. The summed E-state index contributed by atoms with van der Waals surface area (Å²) in [5.74, 6) is -0.329. The highest BCUT2D eigenvalue weighted by Crippen LogP contribution is 2.66. The maximum atomic E-state index is 15.5. The predicted octanol–water partition coefficient (Wildman–Crippen LogP) is 3.01. The third-order valence-electron chi connectivity index (χ3n) is 8.66. The smallest absolute Gasteiger partial charge is 0.130 e. The molecule has 0 saturated carbocycles. The first kappa shape index (κ1) is 35.8. The van der Waals surface area contributed by atoms with Crippen LogP contribution >= 0.6 is 14.5 Å². The van der Waals surface area contributed by atoms with Crippen molar-refractivity contribution in [2.24, 2.45) is 0 Å². The molecule has 0 atom stereocenters. The Morgan fingerprint density at radius 2 is 0.565 bits per heavy atom. The minimum atomic E-state index is -2.21. The molecule has 0 unspecified atom stereocenters. The van der Waals surface area contributed by atoms with Crippen LogP contribution in [0.5, 0.6) is 0 Å². The molecule has 0 nitrogen and oxygen atoms in total. The normalized spacial score (nSPS) is 11.3. The van der Waals surface area contributed by atoms with Gasteiger partial charge in [0.05, 0.1) is 48.1 Å². The molecular formula is C40H36Br2F2P2. The van der Waals surface area contributed by atoms with Crippen molar-refractivity contribution in [2.75, 3.05) is 12.3 Å². The molecular weight excluding hydrogens is 740 g/mol. The van der Waals surface area contributed by atoms with Gasteiger partial charge in [-0.15, -0.1) is 0 Å². The molecule has 6 rings (SSSR count). The van der Waals surface area contributed by atoms with Gasteiger partial charge in [0, 0.05) is 11.1 Å². The lowest BCUT2D eigenvalue weighted by Gasteiger charge is -2.33. The summed E-state index contributed by atoms with van der Waals surface area (Å²) >= 11 is 0.